The van der Waals surface area contributed by atoms with Crippen LogP contribution in [0.5, 0.6) is 0 Å². The topological polar surface area (TPSA) is 51.2 Å². The summed E-state index contributed by atoms with van der Waals surface area (Å²) in [5.41, 5.74) is 3.79. The van der Waals surface area contributed by atoms with Gasteiger partial charge in [0.25, 0.3) is 0 Å². The average Bonchev–Trinajstić information content (AvgIpc) is 3.20. The minimum absolute atomic E-state index is 0.0776. The molecule has 0 atom stereocenters. The second kappa shape index (κ2) is 7.05. The molecule has 0 amide bonds. The molecule has 5 rings (SSSR count). The monoisotopic (exact) mass is 388 g/mol. The summed E-state index contributed by atoms with van der Waals surface area (Å²) in [7, 11) is 0. The van der Waals surface area contributed by atoms with Gasteiger partial charge in [0.1, 0.15) is 0 Å². The molecule has 0 saturated heterocycles. The van der Waals surface area contributed by atoms with Crippen molar-refractivity contribution in [3.63, 3.8) is 0 Å². The van der Waals surface area contributed by atoms with Gasteiger partial charge >= 0.3 is 0 Å². The van der Waals surface area contributed by atoms with Gasteiger partial charge in [0.15, 0.2) is 17.3 Å². The van der Waals surface area contributed by atoms with E-state index in [9.17, 15) is 14.4 Å². The fourth-order valence-corrected chi connectivity index (χ4v) is 4.03. The molecule has 0 aromatic heterocycles. The number of rotatable bonds is 2. The van der Waals surface area contributed by atoms with Crippen LogP contribution < -0.4 is 0 Å². The minimum Gasteiger partial charge on any atom is -0.289 e. The molecule has 0 bridgehead atoms. The first-order valence-corrected chi connectivity index (χ1v) is 9.67. The highest BCUT2D eigenvalue weighted by atomic mass is 16.2. The molecule has 3 aromatic rings. The van der Waals surface area contributed by atoms with E-state index in [1.54, 1.807) is 54.6 Å². The lowest BCUT2D eigenvalue weighted by molar-refractivity contribution is 0.0989. The number of hydrogen-bond acceptors (Lipinski definition) is 3. The molecule has 0 saturated carbocycles. The Labute approximate surface area is 173 Å². The smallest absolute Gasteiger partial charge is 0.198 e. The van der Waals surface area contributed by atoms with Gasteiger partial charge in [-0.15, -0.1) is 0 Å². The molecule has 2 aliphatic rings. The number of carbonyl (C=O) groups excluding carboxylic acids is 3. The molecule has 0 aliphatic heterocycles. The van der Waals surface area contributed by atoms with E-state index >= 15 is 0 Å². The van der Waals surface area contributed by atoms with Gasteiger partial charge in [-0.05, 0) is 11.1 Å². The van der Waals surface area contributed by atoms with Gasteiger partial charge in [-0.25, -0.2) is 0 Å². The maximum atomic E-state index is 13.1. The summed E-state index contributed by atoms with van der Waals surface area (Å²) < 4.78 is 0. The largest absolute Gasteiger partial charge is 0.289 e. The Morgan fingerprint density at radius 2 is 1.00 bits per heavy atom. The summed E-state index contributed by atoms with van der Waals surface area (Å²) in [5, 5.41) is 0. The summed E-state index contributed by atoms with van der Waals surface area (Å²) in [5.74, 6) is -0.830. The SMILES string of the molecule is O=C1C(=C2/C(=C/C=C/c3ccccc3)C(=O)c3ccccc32)C(=O)c2ccccc21. The maximum absolute atomic E-state index is 13.1. The standard InChI is InChI=1S/C27H16O3/c28-25-19-13-5-4-12-18(19)23(22(25)16-8-11-17-9-2-1-3-10-17)24-26(29)20-14-6-7-15-21(20)27(24)30/h1-16H/b11-8+,22-16-. The highest BCUT2D eigenvalue weighted by molar-refractivity contribution is 6.46. The lowest BCUT2D eigenvalue weighted by Gasteiger charge is -2.05. The number of ketones is 3. The lowest BCUT2D eigenvalue weighted by atomic mass is 9.95. The Hall–Kier alpha value is -4.11. The zero-order chi connectivity index (χ0) is 20.7. The first-order chi connectivity index (χ1) is 14.7. The van der Waals surface area contributed by atoms with Crippen LogP contribution in [0.4, 0.5) is 0 Å². The average molecular weight is 388 g/mol. The molecule has 0 heterocycles. The van der Waals surface area contributed by atoms with Crippen molar-refractivity contribution in [1.82, 2.24) is 0 Å². The van der Waals surface area contributed by atoms with Crippen LogP contribution in [0.3, 0.4) is 0 Å². The number of hydrogen-bond donors (Lipinski definition) is 0. The van der Waals surface area contributed by atoms with Crippen molar-refractivity contribution >= 4 is 29.0 Å². The third-order valence-electron chi connectivity index (χ3n) is 5.43. The first-order valence-electron chi connectivity index (χ1n) is 9.67. The molecular weight excluding hydrogens is 372 g/mol. The minimum atomic E-state index is -0.326. The molecule has 0 radical (unpaired) electrons. The van der Waals surface area contributed by atoms with Crippen LogP contribution in [-0.2, 0) is 0 Å². The van der Waals surface area contributed by atoms with Crippen LogP contribution in [0.15, 0.2) is 102 Å². The number of fused-ring (bicyclic) bond motifs is 2. The summed E-state index contributed by atoms with van der Waals surface area (Å²) >= 11 is 0. The summed E-state index contributed by atoms with van der Waals surface area (Å²) in [4.78, 5) is 39.4. The maximum Gasteiger partial charge on any atom is 0.198 e. The van der Waals surface area contributed by atoms with Crippen LogP contribution in [0, 0.1) is 0 Å². The van der Waals surface area contributed by atoms with Gasteiger partial charge in [0, 0.05) is 27.8 Å². The lowest BCUT2D eigenvalue weighted by Crippen LogP contribution is -2.06. The van der Waals surface area contributed by atoms with Crippen molar-refractivity contribution in [1.29, 1.82) is 0 Å². The molecule has 0 unspecified atom stereocenters. The normalized spacial score (nSPS) is 16.7. The van der Waals surface area contributed by atoms with E-state index in [0.29, 0.717) is 33.4 Å². The number of Topliss-reactive ketones (excluding diaryl/α,β-unsaturated/α-hetero) is 3. The Balaban J connectivity index is 1.70. The molecular formula is C27H16O3. The first kappa shape index (κ1) is 18.0. The van der Waals surface area contributed by atoms with E-state index in [0.717, 1.165) is 5.56 Å². The van der Waals surface area contributed by atoms with E-state index in [1.165, 1.54) is 0 Å². The van der Waals surface area contributed by atoms with Crippen molar-refractivity contribution in [2.75, 3.05) is 0 Å². The molecule has 0 spiro atoms. The summed E-state index contributed by atoms with van der Waals surface area (Å²) in [6, 6.07) is 23.6. The molecule has 2 aliphatic carbocycles. The van der Waals surface area contributed by atoms with Gasteiger partial charge in [-0.1, -0.05) is 97.1 Å². The number of benzene rings is 3. The van der Waals surface area contributed by atoms with Gasteiger partial charge in [0.2, 0.25) is 0 Å². The molecule has 0 N–H and O–H groups in total. The van der Waals surface area contributed by atoms with Crippen molar-refractivity contribution in [3.8, 4) is 0 Å². The van der Waals surface area contributed by atoms with E-state index in [4.69, 9.17) is 0 Å². The van der Waals surface area contributed by atoms with Gasteiger partial charge in [0.05, 0.1) is 5.57 Å². The van der Waals surface area contributed by atoms with Crippen LogP contribution in [0.25, 0.3) is 11.6 Å². The second-order valence-corrected chi connectivity index (χ2v) is 7.18. The highest BCUT2D eigenvalue weighted by Gasteiger charge is 2.40. The molecule has 30 heavy (non-hydrogen) atoms. The van der Waals surface area contributed by atoms with Gasteiger partial charge in [-0.2, -0.15) is 0 Å². The number of carbonyl (C=O) groups is 3. The van der Waals surface area contributed by atoms with Gasteiger partial charge < -0.3 is 0 Å². The third kappa shape index (κ3) is 2.72. The van der Waals surface area contributed by atoms with Crippen molar-refractivity contribution in [3.05, 3.63) is 130 Å². The van der Waals surface area contributed by atoms with Crippen LogP contribution >= 0.6 is 0 Å². The Morgan fingerprint density at radius 3 is 1.60 bits per heavy atom. The Bertz CT molecular complexity index is 1280. The summed E-state index contributed by atoms with van der Waals surface area (Å²) in [6.07, 6.45) is 5.37. The Kier molecular flexibility index (Phi) is 4.22. The molecule has 3 nitrogen and oxygen atoms in total. The predicted molar refractivity (Wildman–Crippen MR) is 116 cm³/mol. The van der Waals surface area contributed by atoms with Crippen LogP contribution in [0.2, 0.25) is 0 Å². The fraction of sp³-hybridized carbons (Fsp3) is 0. The van der Waals surface area contributed by atoms with E-state index < -0.39 is 0 Å². The molecule has 3 heteroatoms. The van der Waals surface area contributed by atoms with E-state index in [1.807, 2.05) is 42.5 Å². The van der Waals surface area contributed by atoms with E-state index in [2.05, 4.69) is 0 Å². The van der Waals surface area contributed by atoms with Crippen molar-refractivity contribution in [2.45, 2.75) is 0 Å². The third-order valence-corrected chi connectivity index (χ3v) is 5.43. The zero-order valence-corrected chi connectivity index (χ0v) is 16.0. The fourth-order valence-electron chi connectivity index (χ4n) is 4.03. The van der Waals surface area contributed by atoms with Gasteiger partial charge in [-0.3, -0.25) is 14.4 Å². The van der Waals surface area contributed by atoms with E-state index in [-0.39, 0.29) is 22.9 Å². The summed E-state index contributed by atoms with van der Waals surface area (Å²) in [6.45, 7) is 0. The molecule has 142 valence electrons. The van der Waals surface area contributed by atoms with Crippen molar-refractivity contribution < 1.29 is 14.4 Å². The van der Waals surface area contributed by atoms with Crippen LogP contribution in [-0.4, -0.2) is 17.3 Å². The van der Waals surface area contributed by atoms with Crippen molar-refractivity contribution in [2.24, 2.45) is 0 Å². The van der Waals surface area contributed by atoms with Crippen LogP contribution in [0.1, 0.15) is 42.2 Å². The molecule has 3 aromatic carbocycles. The highest BCUT2D eigenvalue weighted by Crippen LogP contribution is 2.42. The molecule has 0 fully saturated rings. The number of allylic oxidation sites excluding steroid dienone is 5. The Morgan fingerprint density at radius 1 is 0.500 bits per heavy atom. The quantitative estimate of drug-likeness (QED) is 0.439. The predicted octanol–water partition coefficient (Wildman–Crippen LogP) is 5.36. The zero-order valence-electron chi connectivity index (χ0n) is 16.0. The second-order valence-electron chi connectivity index (χ2n) is 7.18.